The standard InChI is InChI=1S/C19H20N2O2S/c1-2-13-3-5-14(6-4-13)11-12-20-19(23)16-9-10-17(24-16)21-18(22)15-7-8-15/h2-6,9-10,15H,1,7-8,11-12H2,(H,20,23)(H,21,22). The predicted octanol–water partition coefficient (Wildman–Crippen LogP) is 3.71. The van der Waals surface area contributed by atoms with Crippen molar-refractivity contribution in [3.8, 4) is 0 Å². The molecule has 1 aliphatic rings. The van der Waals surface area contributed by atoms with Gasteiger partial charge in [0.25, 0.3) is 5.91 Å². The summed E-state index contributed by atoms with van der Waals surface area (Å²) < 4.78 is 0. The third kappa shape index (κ3) is 4.32. The molecule has 0 aliphatic heterocycles. The van der Waals surface area contributed by atoms with Gasteiger partial charge in [-0.05, 0) is 42.5 Å². The molecule has 2 amide bonds. The van der Waals surface area contributed by atoms with Crippen molar-refractivity contribution >= 4 is 34.2 Å². The zero-order valence-corrected chi connectivity index (χ0v) is 14.2. The zero-order chi connectivity index (χ0) is 16.9. The van der Waals surface area contributed by atoms with E-state index in [4.69, 9.17) is 0 Å². The van der Waals surface area contributed by atoms with Crippen LogP contribution in [0.25, 0.3) is 6.08 Å². The highest BCUT2D eigenvalue weighted by molar-refractivity contribution is 7.18. The van der Waals surface area contributed by atoms with Crippen molar-refractivity contribution in [2.75, 3.05) is 11.9 Å². The number of hydrogen-bond donors (Lipinski definition) is 2. The first-order valence-electron chi connectivity index (χ1n) is 8.06. The second-order valence-electron chi connectivity index (χ2n) is 5.88. The number of thiophene rings is 1. The summed E-state index contributed by atoms with van der Waals surface area (Å²) in [4.78, 5) is 24.5. The highest BCUT2D eigenvalue weighted by atomic mass is 32.1. The molecule has 2 aromatic rings. The van der Waals surface area contributed by atoms with Crippen LogP contribution in [-0.4, -0.2) is 18.4 Å². The number of anilines is 1. The lowest BCUT2D eigenvalue weighted by Gasteiger charge is -2.04. The zero-order valence-electron chi connectivity index (χ0n) is 13.4. The van der Waals surface area contributed by atoms with Crippen LogP contribution in [-0.2, 0) is 11.2 Å². The maximum absolute atomic E-state index is 12.2. The quantitative estimate of drug-likeness (QED) is 0.807. The van der Waals surface area contributed by atoms with Crippen molar-refractivity contribution in [1.29, 1.82) is 0 Å². The normalized spacial score (nSPS) is 13.3. The van der Waals surface area contributed by atoms with Crippen LogP contribution in [0.15, 0.2) is 43.0 Å². The lowest BCUT2D eigenvalue weighted by molar-refractivity contribution is -0.117. The van der Waals surface area contributed by atoms with Gasteiger partial charge in [-0.1, -0.05) is 36.9 Å². The molecule has 24 heavy (non-hydrogen) atoms. The Morgan fingerprint density at radius 2 is 1.92 bits per heavy atom. The summed E-state index contributed by atoms with van der Waals surface area (Å²) in [5.74, 6) is 0.123. The fourth-order valence-electron chi connectivity index (χ4n) is 2.32. The third-order valence-electron chi connectivity index (χ3n) is 3.94. The minimum absolute atomic E-state index is 0.0618. The van der Waals surface area contributed by atoms with Gasteiger partial charge in [0.05, 0.1) is 9.88 Å². The van der Waals surface area contributed by atoms with E-state index in [9.17, 15) is 9.59 Å². The summed E-state index contributed by atoms with van der Waals surface area (Å²) in [6, 6.07) is 11.6. The molecular weight excluding hydrogens is 320 g/mol. The van der Waals surface area contributed by atoms with Gasteiger partial charge in [0.1, 0.15) is 0 Å². The van der Waals surface area contributed by atoms with E-state index in [1.165, 1.54) is 16.9 Å². The number of nitrogens with one attached hydrogen (secondary N) is 2. The Bertz CT molecular complexity index is 745. The molecule has 1 aromatic heterocycles. The topological polar surface area (TPSA) is 58.2 Å². The number of hydrogen-bond acceptors (Lipinski definition) is 3. The van der Waals surface area contributed by atoms with Gasteiger partial charge in [-0.2, -0.15) is 0 Å². The lowest BCUT2D eigenvalue weighted by Crippen LogP contribution is -2.24. The van der Waals surface area contributed by atoms with Crippen molar-refractivity contribution in [2.45, 2.75) is 19.3 Å². The van der Waals surface area contributed by atoms with E-state index in [0.717, 1.165) is 29.8 Å². The lowest BCUT2D eigenvalue weighted by atomic mass is 10.1. The number of rotatable bonds is 7. The third-order valence-corrected chi connectivity index (χ3v) is 4.94. The number of carbonyl (C=O) groups is 2. The molecule has 0 radical (unpaired) electrons. The average molecular weight is 340 g/mol. The molecule has 4 nitrogen and oxygen atoms in total. The van der Waals surface area contributed by atoms with Crippen LogP contribution >= 0.6 is 11.3 Å². The van der Waals surface area contributed by atoms with Gasteiger partial charge in [-0.25, -0.2) is 0 Å². The van der Waals surface area contributed by atoms with Crippen molar-refractivity contribution in [3.63, 3.8) is 0 Å². The first kappa shape index (κ1) is 16.5. The molecule has 0 bridgehead atoms. The van der Waals surface area contributed by atoms with Gasteiger partial charge in [-0.3, -0.25) is 9.59 Å². The molecule has 2 N–H and O–H groups in total. The SMILES string of the molecule is C=Cc1ccc(CCNC(=O)c2ccc(NC(=O)C3CC3)s2)cc1. The molecular formula is C19H20N2O2S. The van der Waals surface area contributed by atoms with E-state index in [1.54, 1.807) is 12.1 Å². The van der Waals surface area contributed by atoms with Gasteiger partial charge in [0.2, 0.25) is 5.91 Å². The van der Waals surface area contributed by atoms with Gasteiger partial charge >= 0.3 is 0 Å². The van der Waals surface area contributed by atoms with Crippen molar-refractivity contribution in [3.05, 3.63) is 59.0 Å². The highest BCUT2D eigenvalue weighted by Crippen LogP contribution is 2.31. The van der Waals surface area contributed by atoms with Gasteiger partial charge < -0.3 is 10.6 Å². The Morgan fingerprint density at radius 1 is 1.17 bits per heavy atom. The minimum atomic E-state index is -0.102. The van der Waals surface area contributed by atoms with Crippen LogP contribution in [0, 0.1) is 5.92 Å². The first-order valence-corrected chi connectivity index (χ1v) is 8.87. The average Bonchev–Trinajstić information content (AvgIpc) is 3.35. The maximum Gasteiger partial charge on any atom is 0.261 e. The molecule has 124 valence electrons. The van der Waals surface area contributed by atoms with Crippen LogP contribution in [0.4, 0.5) is 5.00 Å². The Kier molecular flexibility index (Phi) is 5.11. The highest BCUT2D eigenvalue weighted by Gasteiger charge is 2.29. The molecule has 0 spiro atoms. The van der Waals surface area contributed by atoms with Crippen molar-refractivity contribution in [1.82, 2.24) is 5.32 Å². The van der Waals surface area contributed by atoms with Crippen LogP contribution in [0.1, 0.15) is 33.6 Å². The largest absolute Gasteiger partial charge is 0.351 e. The molecule has 0 atom stereocenters. The molecule has 1 heterocycles. The van der Waals surface area contributed by atoms with Gasteiger partial charge in [-0.15, -0.1) is 11.3 Å². The summed E-state index contributed by atoms with van der Waals surface area (Å²) in [5, 5.41) is 6.51. The molecule has 1 aromatic carbocycles. The Labute approximate surface area is 145 Å². The van der Waals surface area contributed by atoms with Crippen LogP contribution < -0.4 is 10.6 Å². The van der Waals surface area contributed by atoms with E-state index in [2.05, 4.69) is 17.2 Å². The van der Waals surface area contributed by atoms with Crippen molar-refractivity contribution in [2.24, 2.45) is 5.92 Å². The number of carbonyl (C=O) groups excluding carboxylic acids is 2. The molecule has 3 rings (SSSR count). The molecule has 1 aliphatic carbocycles. The number of amides is 2. The Balaban J connectivity index is 1.46. The van der Waals surface area contributed by atoms with E-state index in [1.807, 2.05) is 30.3 Å². The fraction of sp³-hybridized carbons (Fsp3) is 0.263. The first-order chi connectivity index (χ1) is 11.7. The van der Waals surface area contributed by atoms with Crippen LogP contribution in [0.3, 0.4) is 0 Å². The van der Waals surface area contributed by atoms with Gasteiger partial charge in [0.15, 0.2) is 0 Å². The molecule has 1 saturated carbocycles. The van der Waals surface area contributed by atoms with Gasteiger partial charge in [0, 0.05) is 12.5 Å². The minimum Gasteiger partial charge on any atom is -0.351 e. The second kappa shape index (κ2) is 7.45. The van der Waals surface area contributed by atoms with Crippen LogP contribution in [0.2, 0.25) is 0 Å². The fourth-order valence-corrected chi connectivity index (χ4v) is 3.15. The second-order valence-corrected chi connectivity index (χ2v) is 6.96. The summed E-state index contributed by atoms with van der Waals surface area (Å²) in [7, 11) is 0. The predicted molar refractivity (Wildman–Crippen MR) is 98.2 cm³/mol. The van der Waals surface area contributed by atoms with Crippen molar-refractivity contribution < 1.29 is 9.59 Å². The van der Waals surface area contributed by atoms with E-state index < -0.39 is 0 Å². The van der Waals surface area contributed by atoms with E-state index in [-0.39, 0.29) is 17.7 Å². The molecule has 0 saturated heterocycles. The smallest absolute Gasteiger partial charge is 0.261 e. The van der Waals surface area contributed by atoms with E-state index >= 15 is 0 Å². The molecule has 5 heteroatoms. The molecule has 1 fully saturated rings. The Morgan fingerprint density at radius 3 is 2.58 bits per heavy atom. The monoisotopic (exact) mass is 340 g/mol. The summed E-state index contributed by atoms with van der Waals surface area (Å²) in [5.41, 5.74) is 2.26. The maximum atomic E-state index is 12.2. The summed E-state index contributed by atoms with van der Waals surface area (Å²) in [6.07, 6.45) is 4.53. The summed E-state index contributed by atoms with van der Waals surface area (Å²) >= 11 is 1.31. The summed E-state index contributed by atoms with van der Waals surface area (Å²) in [6.45, 7) is 4.31. The Hall–Kier alpha value is -2.40. The van der Waals surface area contributed by atoms with E-state index in [0.29, 0.717) is 11.4 Å². The number of benzene rings is 1. The van der Waals surface area contributed by atoms with Crippen LogP contribution in [0.5, 0.6) is 0 Å². The molecule has 0 unspecified atom stereocenters.